The molecule has 288 valence electrons. The number of ether oxygens (including phenoxy) is 3. The average Bonchev–Trinajstić information content (AvgIpc) is 3.81. The molecule has 7 rings (SSSR count). The van der Waals surface area contributed by atoms with Crippen LogP contribution in [0.25, 0.3) is 0 Å². The molecule has 0 spiro atoms. The van der Waals surface area contributed by atoms with Crippen LogP contribution in [0.4, 0.5) is 9.59 Å². The molecule has 51 heavy (non-hydrogen) atoms. The first kappa shape index (κ1) is 37.3. The lowest BCUT2D eigenvalue weighted by Gasteiger charge is -2.72. The van der Waals surface area contributed by atoms with Crippen molar-refractivity contribution in [2.24, 2.45) is 62.6 Å². The molecule has 0 bridgehead atoms. The predicted molar refractivity (Wildman–Crippen MR) is 194 cm³/mol. The van der Waals surface area contributed by atoms with Crippen molar-refractivity contribution in [2.75, 3.05) is 46.0 Å². The van der Waals surface area contributed by atoms with E-state index in [2.05, 4.69) is 57.1 Å². The summed E-state index contributed by atoms with van der Waals surface area (Å²) in [5, 5.41) is 16.9. The van der Waals surface area contributed by atoms with E-state index in [9.17, 15) is 19.5 Å². The number of morpholine rings is 1. The minimum absolute atomic E-state index is 0.0369. The van der Waals surface area contributed by atoms with Crippen LogP contribution in [0.5, 0.6) is 0 Å². The second-order valence-corrected chi connectivity index (χ2v) is 19.5. The summed E-state index contributed by atoms with van der Waals surface area (Å²) in [5.74, 6) is 1.13. The molecule has 5 unspecified atom stereocenters. The summed E-state index contributed by atoms with van der Waals surface area (Å²) >= 11 is 0. The lowest BCUT2D eigenvalue weighted by Crippen LogP contribution is -2.67. The molecule has 0 aromatic heterocycles. The Labute approximate surface area is 306 Å². The summed E-state index contributed by atoms with van der Waals surface area (Å²) in [5.41, 5.74) is -0.517. The Balaban J connectivity index is 1.05. The van der Waals surface area contributed by atoms with E-state index in [0.29, 0.717) is 36.9 Å². The van der Waals surface area contributed by atoms with E-state index in [-0.39, 0.29) is 57.7 Å². The third kappa shape index (κ3) is 6.28. The highest BCUT2D eigenvalue weighted by Gasteiger charge is 2.72. The van der Waals surface area contributed by atoms with Gasteiger partial charge < -0.3 is 30.0 Å². The van der Waals surface area contributed by atoms with Gasteiger partial charge in [-0.15, -0.1) is 0 Å². The number of fused-ring (bicyclic) bond motifs is 7. The molecule has 2 amide bonds. The van der Waals surface area contributed by atoms with E-state index in [1.807, 2.05) is 0 Å². The standard InChI is InChI=1S/C41H67N3O7/c1-26(25-50-35(47)42-19-20-44-21-23-49-24-22-44)28-11-16-41(34(45)46)18-17-39(5)29(33(28)41)9-10-31-38(4)14-13-32(51-36(48)43-27-7-8-27)37(2,3)30(38)12-15-40(31,39)6/h26-33H,7-25H2,1-6H3,(H,42,47)(H,43,48)(H,45,46)/t26?,28-,29?,30?,31?,32+,33?,38-,39+,40+,41-/m0/s1. The highest BCUT2D eigenvalue weighted by Crippen LogP contribution is 2.77. The second-order valence-electron chi connectivity index (χ2n) is 19.5. The molecule has 7 fully saturated rings. The minimum Gasteiger partial charge on any atom is -0.481 e. The van der Waals surface area contributed by atoms with Gasteiger partial charge in [0.2, 0.25) is 0 Å². The highest BCUT2D eigenvalue weighted by molar-refractivity contribution is 5.76. The molecule has 6 aliphatic carbocycles. The molecule has 1 saturated heterocycles. The molecule has 3 N–H and O–H groups in total. The quantitative estimate of drug-likeness (QED) is 0.231. The maximum Gasteiger partial charge on any atom is 0.407 e. The fourth-order valence-electron chi connectivity index (χ4n) is 13.9. The number of carbonyl (C=O) groups excluding carboxylic acids is 2. The van der Waals surface area contributed by atoms with Crippen molar-refractivity contribution < 1.29 is 33.7 Å². The maximum atomic E-state index is 13.3. The molecule has 10 nitrogen and oxygen atoms in total. The number of alkyl carbamates (subject to hydrolysis) is 2. The molecule has 1 aliphatic heterocycles. The van der Waals surface area contributed by atoms with Crippen molar-refractivity contribution in [2.45, 2.75) is 131 Å². The maximum absolute atomic E-state index is 13.3. The molecule has 11 atom stereocenters. The highest BCUT2D eigenvalue weighted by atomic mass is 16.6. The van der Waals surface area contributed by atoms with E-state index >= 15 is 0 Å². The zero-order valence-corrected chi connectivity index (χ0v) is 32.4. The van der Waals surface area contributed by atoms with Gasteiger partial charge in [-0.25, -0.2) is 9.59 Å². The van der Waals surface area contributed by atoms with Gasteiger partial charge in [0, 0.05) is 37.6 Å². The summed E-state index contributed by atoms with van der Waals surface area (Å²) in [6.07, 6.45) is 11.1. The first-order valence-electron chi connectivity index (χ1n) is 20.6. The Morgan fingerprint density at radius 2 is 1.59 bits per heavy atom. The fraction of sp³-hybridized carbons (Fsp3) is 0.927. The molecule has 0 aromatic carbocycles. The van der Waals surface area contributed by atoms with Gasteiger partial charge in [-0.2, -0.15) is 0 Å². The zero-order valence-electron chi connectivity index (χ0n) is 32.4. The van der Waals surface area contributed by atoms with E-state index in [4.69, 9.17) is 14.2 Å². The number of nitrogens with one attached hydrogen (secondary N) is 2. The van der Waals surface area contributed by atoms with Crippen LogP contribution in [0.1, 0.15) is 119 Å². The lowest BCUT2D eigenvalue weighted by atomic mass is 9.32. The van der Waals surface area contributed by atoms with Gasteiger partial charge in [0.15, 0.2) is 0 Å². The Morgan fingerprint density at radius 1 is 0.843 bits per heavy atom. The second kappa shape index (κ2) is 13.7. The average molecular weight is 714 g/mol. The number of rotatable bonds is 9. The number of amides is 2. The van der Waals surface area contributed by atoms with Crippen LogP contribution in [-0.4, -0.2) is 86.3 Å². The molecule has 0 aromatic rings. The van der Waals surface area contributed by atoms with Crippen LogP contribution in [0.15, 0.2) is 0 Å². The van der Waals surface area contributed by atoms with E-state index in [1.54, 1.807) is 0 Å². The van der Waals surface area contributed by atoms with E-state index < -0.39 is 11.4 Å². The monoisotopic (exact) mass is 713 g/mol. The SMILES string of the molecule is CC(COC(=O)NCCN1CCOCC1)[C@@H]1CC[C@]2(C(=O)O)CC[C@]3(C)C(CCC4[C@@]5(C)CC[C@@H](OC(=O)NC6CC6)C(C)(C)C5CC[C@]43C)C12. The summed E-state index contributed by atoms with van der Waals surface area (Å²) < 4.78 is 17.4. The van der Waals surface area contributed by atoms with Crippen LogP contribution in [-0.2, 0) is 19.0 Å². The summed E-state index contributed by atoms with van der Waals surface area (Å²) in [4.78, 5) is 41.1. The van der Waals surface area contributed by atoms with Gasteiger partial charge in [0.05, 0.1) is 25.2 Å². The number of hydrogen-bond acceptors (Lipinski definition) is 7. The van der Waals surface area contributed by atoms with Crippen LogP contribution in [0.2, 0.25) is 0 Å². The van der Waals surface area contributed by atoms with Crippen LogP contribution >= 0.6 is 0 Å². The molecular weight excluding hydrogens is 646 g/mol. The number of carboxylic acid groups (broad SMARTS) is 1. The summed E-state index contributed by atoms with van der Waals surface area (Å²) in [6, 6.07) is 0.293. The molecule has 7 aliphatic rings. The van der Waals surface area contributed by atoms with Crippen molar-refractivity contribution in [3.63, 3.8) is 0 Å². The van der Waals surface area contributed by atoms with E-state index in [0.717, 1.165) is 110 Å². The summed E-state index contributed by atoms with van der Waals surface area (Å²) in [7, 11) is 0. The Bertz CT molecular complexity index is 1330. The van der Waals surface area contributed by atoms with Gasteiger partial charge in [-0.1, -0.05) is 41.5 Å². The topological polar surface area (TPSA) is 126 Å². The van der Waals surface area contributed by atoms with Crippen LogP contribution in [0.3, 0.4) is 0 Å². The predicted octanol–water partition coefficient (Wildman–Crippen LogP) is 7.10. The van der Waals surface area contributed by atoms with Crippen molar-refractivity contribution in [3.8, 4) is 0 Å². The number of carbonyl (C=O) groups is 3. The summed E-state index contributed by atoms with van der Waals surface area (Å²) in [6.45, 7) is 19.4. The minimum atomic E-state index is -0.688. The Morgan fingerprint density at radius 3 is 2.29 bits per heavy atom. The molecule has 10 heteroatoms. The largest absolute Gasteiger partial charge is 0.481 e. The number of hydrogen-bond donors (Lipinski definition) is 3. The zero-order chi connectivity index (χ0) is 36.4. The Hall–Kier alpha value is -2.07. The third-order valence-electron chi connectivity index (χ3n) is 17.0. The van der Waals surface area contributed by atoms with Crippen molar-refractivity contribution in [3.05, 3.63) is 0 Å². The third-order valence-corrected chi connectivity index (χ3v) is 17.0. The van der Waals surface area contributed by atoms with Crippen LogP contribution < -0.4 is 10.6 Å². The van der Waals surface area contributed by atoms with Crippen LogP contribution in [0, 0.1) is 62.6 Å². The lowest BCUT2D eigenvalue weighted by molar-refractivity contribution is -0.249. The van der Waals surface area contributed by atoms with Gasteiger partial charge in [-0.05, 0) is 129 Å². The Kier molecular flexibility index (Phi) is 9.97. The molecule has 1 heterocycles. The number of aliphatic carboxylic acids is 1. The smallest absolute Gasteiger partial charge is 0.407 e. The number of nitrogens with zero attached hydrogens (tertiary/aromatic N) is 1. The first-order chi connectivity index (χ1) is 24.2. The fourth-order valence-corrected chi connectivity index (χ4v) is 13.9. The normalized spacial score (nSPS) is 43.7. The van der Waals surface area contributed by atoms with Gasteiger partial charge in [0.25, 0.3) is 0 Å². The molecular formula is C41H67N3O7. The first-order valence-corrected chi connectivity index (χ1v) is 20.6. The van der Waals surface area contributed by atoms with Crippen molar-refractivity contribution in [1.82, 2.24) is 15.5 Å². The number of carboxylic acids is 1. The van der Waals surface area contributed by atoms with Crippen molar-refractivity contribution in [1.29, 1.82) is 0 Å². The molecule has 6 saturated carbocycles. The molecule has 0 radical (unpaired) electrons. The van der Waals surface area contributed by atoms with Gasteiger partial charge in [-0.3, -0.25) is 9.69 Å². The van der Waals surface area contributed by atoms with Gasteiger partial charge >= 0.3 is 18.2 Å². The van der Waals surface area contributed by atoms with Gasteiger partial charge in [0.1, 0.15) is 6.10 Å². The van der Waals surface area contributed by atoms with E-state index in [1.165, 1.54) is 0 Å². The van der Waals surface area contributed by atoms with Crippen molar-refractivity contribution >= 4 is 18.2 Å².